The number of rotatable bonds is 10. The molecule has 648 valence electrons. The fourth-order valence-corrected chi connectivity index (χ4v) is 20.3. The maximum atomic E-state index is 5.18. The Labute approximate surface area is 795 Å². The lowest BCUT2D eigenvalue weighted by Gasteiger charge is -2.13. The van der Waals surface area contributed by atoms with Gasteiger partial charge in [-0.3, -0.25) is 14.1 Å². The normalized spacial score (nSPS) is 11.6. The highest BCUT2D eigenvalue weighted by Crippen LogP contribution is 2.44. The minimum atomic E-state index is 0.834. The molecule has 6 heterocycles. The molecule has 28 aromatic rings. The highest BCUT2D eigenvalue weighted by molar-refractivity contribution is 6.24. The van der Waals surface area contributed by atoms with E-state index >= 15 is 0 Å². The summed E-state index contributed by atoms with van der Waals surface area (Å²) in [6, 6.07) is 166. The summed E-state index contributed by atoms with van der Waals surface area (Å²) in [6.07, 6.45) is 1.89. The summed E-state index contributed by atoms with van der Waals surface area (Å²) in [6.45, 7) is 0. The first-order valence-electron chi connectivity index (χ1n) is 46.7. The van der Waals surface area contributed by atoms with Crippen LogP contribution in [0.4, 0.5) is 0 Å². The molecule has 0 saturated heterocycles. The third kappa shape index (κ3) is 14.6. The number of nitrogens with zero attached hydrogens (tertiary/aromatic N) is 11. The Kier molecular flexibility index (Phi) is 20.5. The van der Waals surface area contributed by atoms with Crippen LogP contribution in [0.2, 0.25) is 0 Å². The number of para-hydroxylation sites is 2. The SMILES string of the molecule is Cn1c(-c2ccccc2)nc2cc(-c3cc4c5ccccc5ccc4c4ccccc34)ccc21.Cn1c(-c2ccccc2)nc2cc(-c3cc4ccccc4c4ccccc34)ccc21.c1ccc(-c2nc3cc(-c4ccc5ccc6ccccc6c5n4)ccc3n2-c2ccccc2)cc1.c1ccc(-c2nc3cc(-c4cnc5c6ccccc6c6ccccc6c5n4)ccc3n2-c2ccccc2)cc1. The number of aryl methyl sites for hydroxylation is 2. The monoisotopic (exact) mass is 1760 g/mol. The van der Waals surface area contributed by atoms with Crippen molar-refractivity contribution in [2.24, 2.45) is 14.1 Å². The Bertz CT molecular complexity index is 9570. The van der Waals surface area contributed by atoms with Crippen LogP contribution < -0.4 is 0 Å². The molecule has 0 saturated carbocycles. The Balaban J connectivity index is 0.0000000979. The molecule has 0 radical (unpaired) electrons. The molecule has 0 bridgehead atoms. The van der Waals surface area contributed by atoms with E-state index in [0.29, 0.717) is 0 Å². The molecule has 0 unspecified atom stereocenters. The second kappa shape index (κ2) is 34.6. The molecule has 0 fully saturated rings. The van der Waals surface area contributed by atoms with Crippen LogP contribution in [-0.2, 0) is 14.1 Å². The summed E-state index contributed by atoms with van der Waals surface area (Å²) in [7, 11) is 4.18. The van der Waals surface area contributed by atoms with Gasteiger partial charge in [0, 0.05) is 80.4 Å². The molecular formula is C127H85N11. The van der Waals surface area contributed by atoms with Gasteiger partial charge in [0.25, 0.3) is 0 Å². The zero-order valence-corrected chi connectivity index (χ0v) is 75.5. The van der Waals surface area contributed by atoms with Gasteiger partial charge in [-0.25, -0.2) is 29.9 Å². The van der Waals surface area contributed by atoms with Gasteiger partial charge in [-0.15, -0.1) is 0 Å². The van der Waals surface area contributed by atoms with E-state index in [1.54, 1.807) is 0 Å². The smallest absolute Gasteiger partial charge is 0.145 e. The Morgan fingerprint density at radius 3 is 1.00 bits per heavy atom. The van der Waals surface area contributed by atoms with Crippen molar-refractivity contribution in [2.75, 3.05) is 0 Å². The molecule has 0 spiro atoms. The van der Waals surface area contributed by atoms with Crippen LogP contribution in [0.15, 0.2) is 479 Å². The minimum absolute atomic E-state index is 0.834. The molecule has 6 aromatic heterocycles. The number of hydrogen-bond acceptors (Lipinski definition) is 7. The predicted octanol–water partition coefficient (Wildman–Crippen LogP) is 32.3. The van der Waals surface area contributed by atoms with Gasteiger partial charge in [-0.1, -0.05) is 382 Å². The molecule has 0 atom stereocenters. The summed E-state index contributed by atoms with van der Waals surface area (Å²) in [4.78, 5) is 35.4. The maximum absolute atomic E-state index is 5.18. The Morgan fingerprint density at radius 2 is 0.493 bits per heavy atom. The first-order chi connectivity index (χ1) is 68.3. The Hall–Kier alpha value is -18.5. The molecule has 0 aliphatic rings. The van der Waals surface area contributed by atoms with Gasteiger partial charge in [0.2, 0.25) is 0 Å². The van der Waals surface area contributed by atoms with Gasteiger partial charge < -0.3 is 9.13 Å². The molecular weight excluding hydrogens is 1680 g/mol. The van der Waals surface area contributed by atoms with E-state index in [4.69, 9.17) is 34.9 Å². The summed E-state index contributed by atoms with van der Waals surface area (Å²) >= 11 is 0. The summed E-state index contributed by atoms with van der Waals surface area (Å²) < 4.78 is 8.81. The fourth-order valence-electron chi connectivity index (χ4n) is 20.3. The molecule has 0 aliphatic heterocycles. The van der Waals surface area contributed by atoms with Crippen molar-refractivity contribution in [3.63, 3.8) is 0 Å². The molecule has 11 nitrogen and oxygen atoms in total. The summed E-state index contributed by atoms with van der Waals surface area (Å²) in [5, 5.41) is 21.0. The van der Waals surface area contributed by atoms with Crippen molar-refractivity contribution in [1.82, 2.24) is 53.2 Å². The van der Waals surface area contributed by atoms with Crippen LogP contribution in [0.1, 0.15) is 0 Å². The molecule has 138 heavy (non-hydrogen) atoms. The van der Waals surface area contributed by atoms with Crippen molar-refractivity contribution >= 4 is 152 Å². The summed E-state index contributed by atoms with van der Waals surface area (Å²) in [5.74, 6) is 3.82. The Morgan fingerprint density at radius 1 is 0.174 bits per heavy atom. The van der Waals surface area contributed by atoms with Crippen LogP contribution in [-0.4, -0.2) is 53.2 Å². The number of hydrogen-bond donors (Lipinski definition) is 0. The largest absolute Gasteiger partial charge is 0.327 e. The minimum Gasteiger partial charge on any atom is -0.327 e. The molecule has 11 heteroatoms. The fraction of sp³-hybridized carbons (Fsp3) is 0.0157. The van der Waals surface area contributed by atoms with E-state index in [2.05, 4.69) is 457 Å². The van der Waals surface area contributed by atoms with Crippen molar-refractivity contribution in [1.29, 1.82) is 0 Å². The number of aromatic nitrogens is 11. The first-order valence-corrected chi connectivity index (χ1v) is 46.7. The second-order valence-corrected chi connectivity index (χ2v) is 35.1. The average Bonchev–Trinajstić information content (AvgIpc) is 1.09. The maximum Gasteiger partial charge on any atom is 0.145 e. The molecule has 0 amide bonds. The molecule has 22 aromatic carbocycles. The summed E-state index contributed by atoms with van der Waals surface area (Å²) in [5.41, 5.74) is 26.5. The van der Waals surface area contributed by atoms with Gasteiger partial charge in [-0.2, -0.15) is 0 Å². The first kappa shape index (κ1) is 81.5. The second-order valence-electron chi connectivity index (χ2n) is 35.1. The van der Waals surface area contributed by atoms with Gasteiger partial charge in [0.1, 0.15) is 23.3 Å². The van der Waals surface area contributed by atoms with E-state index in [0.717, 1.165) is 156 Å². The topological polar surface area (TPSA) is 110 Å². The number of fused-ring (bicyclic) bond motifs is 21. The van der Waals surface area contributed by atoms with Crippen LogP contribution >= 0.6 is 0 Å². The lowest BCUT2D eigenvalue weighted by Crippen LogP contribution is -1.97. The number of pyridine rings is 1. The predicted molar refractivity (Wildman–Crippen MR) is 576 cm³/mol. The van der Waals surface area contributed by atoms with E-state index in [1.165, 1.54) is 97.7 Å². The van der Waals surface area contributed by atoms with Crippen molar-refractivity contribution in [2.45, 2.75) is 0 Å². The van der Waals surface area contributed by atoms with Crippen molar-refractivity contribution in [3.8, 4) is 102 Å². The molecule has 0 aliphatic carbocycles. The lowest BCUT2D eigenvalue weighted by atomic mass is 9.91. The number of imidazole rings is 4. The molecule has 0 N–H and O–H groups in total. The zero-order valence-electron chi connectivity index (χ0n) is 75.5. The van der Waals surface area contributed by atoms with Crippen LogP contribution in [0, 0.1) is 0 Å². The van der Waals surface area contributed by atoms with Crippen LogP contribution in [0.3, 0.4) is 0 Å². The third-order valence-electron chi connectivity index (χ3n) is 27.0. The lowest BCUT2D eigenvalue weighted by molar-refractivity contribution is 0.959. The highest BCUT2D eigenvalue weighted by atomic mass is 15.1. The van der Waals surface area contributed by atoms with Crippen LogP contribution in [0.25, 0.3) is 254 Å². The zero-order chi connectivity index (χ0) is 91.7. The standard InChI is InChI=1S/C35H22N4.C32H21N3.C32H22N2.C28H20N2/c1-3-11-23(12-4-1)35-38-30-21-24(19-20-32(30)39(35)25-13-5-2-6-14-25)31-22-36-33-28-17-9-7-15-26(28)27-16-8-10-18-29(27)34(33)37-31;1-3-10-24(11-4-1)32-34-29-21-25(18-20-30(29)35(32)26-12-5-2-6-13-26)28-19-17-23-16-15-22-9-7-8-14-27(22)31(23)33-28;1-34-31-18-16-23(19-30(31)33-32(34)22-10-3-2-4-11-22)28-20-29-24-12-6-5-9-21(24)15-17-27(29)25-13-7-8-14-26(25)28;1-30-27-16-15-21(18-26(27)29-28(30)19-9-3-2-4-10-19)25-17-20-11-5-6-12-22(20)23-13-7-8-14-24(23)25/h1-22H;1-21H;2-20H,1H3;2-18H,1H3. The van der Waals surface area contributed by atoms with E-state index in [-0.39, 0.29) is 0 Å². The number of benzene rings is 22. The van der Waals surface area contributed by atoms with Crippen molar-refractivity contribution < 1.29 is 0 Å². The average molecular weight is 1770 g/mol. The van der Waals surface area contributed by atoms with Gasteiger partial charge in [0.15, 0.2) is 0 Å². The van der Waals surface area contributed by atoms with Gasteiger partial charge in [-0.05, 0) is 183 Å². The van der Waals surface area contributed by atoms with E-state index in [1.807, 2.05) is 54.7 Å². The van der Waals surface area contributed by atoms with Gasteiger partial charge in [0.05, 0.1) is 78.3 Å². The van der Waals surface area contributed by atoms with Crippen molar-refractivity contribution in [3.05, 3.63) is 479 Å². The van der Waals surface area contributed by atoms with E-state index in [9.17, 15) is 0 Å². The molecule has 28 rings (SSSR count). The quantitative estimate of drug-likeness (QED) is 0.125. The van der Waals surface area contributed by atoms with E-state index < -0.39 is 0 Å². The third-order valence-corrected chi connectivity index (χ3v) is 27.0. The highest BCUT2D eigenvalue weighted by Gasteiger charge is 2.23. The van der Waals surface area contributed by atoms with Gasteiger partial charge >= 0.3 is 0 Å². The van der Waals surface area contributed by atoms with Crippen LogP contribution in [0.5, 0.6) is 0 Å².